The van der Waals surface area contributed by atoms with Crippen LogP contribution in [0.5, 0.6) is 0 Å². The molecule has 3 heterocycles. The van der Waals surface area contributed by atoms with Crippen LogP contribution in [0.4, 0.5) is 10.5 Å². The van der Waals surface area contributed by atoms with E-state index in [0.717, 1.165) is 39.1 Å². The Hall–Kier alpha value is -4.00. The van der Waals surface area contributed by atoms with Crippen molar-refractivity contribution in [1.29, 1.82) is 0 Å². The molecule has 0 aliphatic rings. The maximum absolute atomic E-state index is 12.9. The van der Waals surface area contributed by atoms with Gasteiger partial charge < -0.3 is 0 Å². The molecule has 0 aliphatic heterocycles. The molecular formula is C22H19N6O+. The molecule has 1 amide bonds. The third-order valence-corrected chi connectivity index (χ3v) is 4.97. The predicted molar refractivity (Wildman–Crippen MR) is 111 cm³/mol. The number of pyridine rings is 1. The first-order valence-corrected chi connectivity index (χ1v) is 9.32. The molecule has 29 heavy (non-hydrogen) atoms. The summed E-state index contributed by atoms with van der Waals surface area (Å²) in [5, 5.41) is 15.6. The molecule has 0 saturated carbocycles. The molecule has 0 aliphatic carbocycles. The lowest BCUT2D eigenvalue weighted by Crippen LogP contribution is -2.27. The fourth-order valence-electron chi connectivity index (χ4n) is 3.61. The van der Waals surface area contributed by atoms with Crippen LogP contribution in [0.15, 0.2) is 67.0 Å². The van der Waals surface area contributed by atoms with Crippen molar-refractivity contribution in [1.82, 2.24) is 20.0 Å². The Kier molecular flexibility index (Phi) is 3.87. The molecule has 2 N–H and O–H groups in total. The largest absolute Gasteiger partial charge is 0.420 e. The normalized spacial score (nSPS) is 11.2. The van der Waals surface area contributed by atoms with Crippen LogP contribution >= 0.6 is 0 Å². The number of hydrogen-bond acceptors (Lipinski definition) is 3. The SMILES string of the molecule is Cc1cc(C)[n+]2cnn(C(=O)Nc3ccc4[nH]nc(-c5ccccc5)c4c3)c2c1. The Morgan fingerprint density at radius 2 is 1.90 bits per heavy atom. The van der Waals surface area contributed by atoms with Gasteiger partial charge in [-0.2, -0.15) is 5.10 Å². The zero-order valence-electron chi connectivity index (χ0n) is 16.0. The number of carbonyl (C=O) groups excluding carboxylic acids is 1. The molecule has 0 bridgehead atoms. The first kappa shape index (κ1) is 17.1. The van der Waals surface area contributed by atoms with E-state index in [4.69, 9.17) is 0 Å². The fourth-order valence-corrected chi connectivity index (χ4v) is 3.61. The molecule has 5 aromatic rings. The molecule has 0 spiro atoms. The Morgan fingerprint density at radius 3 is 2.72 bits per heavy atom. The van der Waals surface area contributed by atoms with Crippen LogP contribution in [0.2, 0.25) is 0 Å². The van der Waals surface area contributed by atoms with Gasteiger partial charge in [-0.3, -0.25) is 10.4 Å². The second-order valence-corrected chi connectivity index (χ2v) is 7.07. The summed E-state index contributed by atoms with van der Waals surface area (Å²) in [6.07, 6.45) is 1.65. The molecule has 2 aromatic carbocycles. The highest BCUT2D eigenvalue weighted by Crippen LogP contribution is 2.28. The highest BCUT2D eigenvalue weighted by atomic mass is 16.2. The van der Waals surface area contributed by atoms with Crippen LogP contribution in [-0.2, 0) is 0 Å². The number of amides is 1. The van der Waals surface area contributed by atoms with Gasteiger partial charge in [0, 0.05) is 27.8 Å². The first-order chi connectivity index (χ1) is 14.1. The number of anilines is 1. The summed E-state index contributed by atoms with van der Waals surface area (Å²) in [6.45, 7) is 3.99. The summed E-state index contributed by atoms with van der Waals surface area (Å²) in [7, 11) is 0. The maximum Gasteiger partial charge on any atom is 0.420 e. The highest BCUT2D eigenvalue weighted by Gasteiger charge is 2.21. The number of rotatable bonds is 2. The van der Waals surface area contributed by atoms with Crippen molar-refractivity contribution < 1.29 is 9.20 Å². The third kappa shape index (κ3) is 2.93. The van der Waals surface area contributed by atoms with Crippen molar-refractivity contribution in [3.05, 3.63) is 78.2 Å². The smallest absolute Gasteiger partial charge is 0.292 e. The van der Waals surface area contributed by atoms with E-state index in [1.165, 1.54) is 4.68 Å². The summed E-state index contributed by atoms with van der Waals surface area (Å²) in [6, 6.07) is 19.3. The number of nitrogens with one attached hydrogen (secondary N) is 2. The van der Waals surface area contributed by atoms with Gasteiger partial charge in [-0.1, -0.05) is 30.3 Å². The van der Waals surface area contributed by atoms with Gasteiger partial charge in [0.25, 0.3) is 12.0 Å². The second-order valence-electron chi connectivity index (χ2n) is 7.07. The van der Waals surface area contributed by atoms with Crippen molar-refractivity contribution >= 4 is 28.3 Å². The van der Waals surface area contributed by atoms with E-state index in [0.29, 0.717) is 5.69 Å². The topological polar surface area (TPSA) is 79.7 Å². The number of hydrogen-bond donors (Lipinski definition) is 2. The number of carbonyl (C=O) groups is 1. The molecule has 0 unspecified atom stereocenters. The zero-order valence-corrected chi connectivity index (χ0v) is 16.0. The van der Waals surface area contributed by atoms with Crippen LogP contribution < -0.4 is 9.72 Å². The predicted octanol–water partition coefficient (Wildman–Crippen LogP) is 3.86. The van der Waals surface area contributed by atoms with Gasteiger partial charge in [-0.05, 0) is 48.4 Å². The van der Waals surface area contributed by atoms with Crippen molar-refractivity contribution in [2.45, 2.75) is 13.8 Å². The van der Waals surface area contributed by atoms with Crippen molar-refractivity contribution in [3.63, 3.8) is 0 Å². The summed E-state index contributed by atoms with van der Waals surface area (Å²) in [5.74, 6) is 0. The van der Waals surface area contributed by atoms with Crippen LogP contribution in [0, 0.1) is 13.8 Å². The molecular weight excluding hydrogens is 364 g/mol. The highest BCUT2D eigenvalue weighted by molar-refractivity contribution is 5.98. The Balaban J connectivity index is 1.52. The molecule has 142 valence electrons. The summed E-state index contributed by atoms with van der Waals surface area (Å²) in [4.78, 5) is 12.9. The lowest BCUT2D eigenvalue weighted by atomic mass is 10.1. The number of benzene rings is 2. The van der Waals surface area contributed by atoms with Gasteiger partial charge in [0.15, 0.2) is 0 Å². The minimum atomic E-state index is -0.318. The molecule has 7 heteroatoms. The molecule has 0 atom stereocenters. The lowest BCUT2D eigenvalue weighted by molar-refractivity contribution is -0.520. The number of aryl methyl sites for hydroxylation is 2. The minimum Gasteiger partial charge on any atom is -0.292 e. The third-order valence-electron chi connectivity index (χ3n) is 4.97. The van der Waals surface area contributed by atoms with E-state index >= 15 is 0 Å². The van der Waals surface area contributed by atoms with Gasteiger partial charge in [0.2, 0.25) is 0 Å². The summed E-state index contributed by atoms with van der Waals surface area (Å²) in [5.41, 5.74) is 6.27. The summed E-state index contributed by atoms with van der Waals surface area (Å²) >= 11 is 0. The van der Waals surface area contributed by atoms with Gasteiger partial charge in [-0.15, -0.1) is 0 Å². The molecule has 7 nitrogen and oxygen atoms in total. The average Bonchev–Trinajstić information content (AvgIpc) is 3.32. The van der Waals surface area contributed by atoms with Crippen LogP contribution in [0.25, 0.3) is 27.8 Å². The number of H-pyrrole nitrogens is 1. The van der Waals surface area contributed by atoms with E-state index < -0.39 is 0 Å². The Bertz CT molecular complexity index is 1370. The molecule has 5 rings (SSSR count). The monoisotopic (exact) mass is 383 g/mol. The summed E-state index contributed by atoms with van der Waals surface area (Å²) < 4.78 is 3.26. The van der Waals surface area contributed by atoms with E-state index in [2.05, 4.69) is 26.7 Å². The number of nitrogens with zero attached hydrogens (tertiary/aromatic N) is 4. The van der Waals surface area contributed by atoms with Crippen LogP contribution in [-0.4, -0.2) is 26.0 Å². The molecule has 0 fully saturated rings. The van der Waals surface area contributed by atoms with E-state index in [-0.39, 0.29) is 6.03 Å². The van der Waals surface area contributed by atoms with Gasteiger partial charge >= 0.3 is 6.03 Å². The van der Waals surface area contributed by atoms with Crippen molar-refractivity contribution in [2.24, 2.45) is 0 Å². The van der Waals surface area contributed by atoms with E-state index in [9.17, 15) is 4.79 Å². The van der Waals surface area contributed by atoms with Crippen LogP contribution in [0.3, 0.4) is 0 Å². The second kappa shape index (κ2) is 6.56. The fraction of sp³-hybridized carbons (Fsp3) is 0.0909. The Labute approximate surface area is 166 Å². The van der Waals surface area contributed by atoms with Gasteiger partial charge in [0.1, 0.15) is 0 Å². The van der Waals surface area contributed by atoms with E-state index in [1.54, 1.807) is 6.33 Å². The van der Waals surface area contributed by atoms with Gasteiger partial charge in [0.05, 0.1) is 16.9 Å². The lowest BCUT2D eigenvalue weighted by Gasteiger charge is -2.03. The quantitative estimate of drug-likeness (QED) is 0.454. The minimum absolute atomic E-state index is 0.318. The van der Waals surface area contributed by atoms with Crippen molar-refractivity contribution in [3.8, 4) is 11.3 Å². The Morgan fingerprint density at radius 1 is 1.07 bits per heavy atom. The van der Waals surface area contributed by atoms with Gasteiger partial charge in [-0.25, -0.2) is 9.20 Å². The first-order valence-electron chi connectivity index (χ1n) is 9.32. The number of aromatic nitrogens is 5. The van der Waals surface area contributed by atoms with Crippen molar-refractivity contribution in [2.75, 3.05) is 5.32 Å². The maximum atomic E-state index is 12.9. The van der Waals surface area contributed by atoms with E-state index in [1.807, 2.05) is 72.8 Å². The zero-order chi connectivity index (χ0) is 20.0. The molecule has 0 saturated heterocycles. The number of fused-ring (bicyclic) bond motifs is 2. The number of aromatic amines is 1. The molecule has 3 aromatic heterocycles. The van der Waals surface area contributed by atoms with Crippen LogP contribution in [0.1, 0.15) is 11.3 Å². The molecule has 0 radical (unpaired) electrons. The standard InChI is InChI=1S/C22H18N6O/c1-14-10-15(2)27-13-23-28(20(27)11-14)22(29)24-17-8-9-19-18(12-17)21(26-25-19)16-6-4-3-5-7-16/h3-13H,1-2H3,(H-,24,25,26,29)/p+1. The average molecular weight is 383 g/mol.